The van der Waals surface area contributed by atoms with Gasteiger partial charge >= 0.3 is 0 Å². The van der Waals surface area contributed by atoms with Crippen LogP contribution in [0.15, 0.2) is 40.9 Å². The van der Waals surface area contributed by atoms with Crippen molar-refractivity contribution < 1.29 is 4.74 Å². The molecule has 0 saturated heterocycles. The zero-order valence-corrected chi connectivity index (χ0v) is 17.1. The van der Waals surface area contributed by atoms with Crippen molar-refractivity contribution in [2.75, 3.05) is 0 Å². The van der Waals surface area contributed by atoms with Crippen molar-refractivity contribution in [3.05, 3.63) is 57.1 Å². The van der Waals surface area contributed by atoms with Crippen LogP contribution in [-0.4, -0.2) is 0 Å². The van der Waals surface area contributed by atoms with Crippen LogP contribution >= 0.6 is 83.7 Å². The first-order valence-corrected chi connectivity index (χ1v) is 9.11. The van der Waals surface area contributed by atoms with Crippen LogP contribution in [0.1, 0.15) is 5.56 Å². The average molecular weight is 641 g/mol. The van der Waals surface area contributed by atoms with Crippen molar-refractivity contribution in [3.63, 3.8) is 0 Å². The molecule has 0 unspecified atom stereocenters. The summed E-state index contributed by atoms with van der Waals surface area (Å²) in [6.45, 7) is 0.589. The first-order chi connectivity index (χ1) is 8.56. The topological polar surface area (TPSA) is 9.23 Å². The lowest BCUT2D eigenvalue weighted by molar-refractivity contribution is 0.301. The number of halogens is 4. The second-order valence-corrected chi connectivity index (χ2v) is 8.10. The highest BCUT2D eigenvalue weighted by Gasteiger charge is 2.08. The minimum Gasteiger partial charge on any atom is -0.487 e. The van der Waals surface area contributed by atoms with E-state index in [1.54, 1.807) is 0 Å². The van der Waals surface area contributed by atoms with Gasteiger partial charge in [0.2, 0.25) is 0 Å². The third kappa shape index (κ3) is 4.20. The molecule has 0 fully saturated rings. The second-order valence-electron chi connectivity index (χ2n) is 3.62. The lowest BCUT2D eigenvalue weighted by atomic mass is 10.2. The van der Waals surface area contributed by atoms with E-state index in [-0.39, 0.29) is 0 Å². The third-order valence-electron chi connectivity index (χ3n) is 2.24. The molecular formula is C13H8BrI3O. The van der Waals surface area contributed by atoms with E-state index in [0.29, 0.717) is 6.61 Å². The Bertz CT molecular complexity index is 549. The van der Waals surface area contributed by atoms with Crippen LogP contribution in [0.4, 0.5) is 0 Å². The monoisotopic (exact) mass is 640 g/mol. The molecule has 0 spiro atoms. The van der Waals surface area contributed by atoms with E-state index in [1.807, 2.05) is 12.1 Å². The van der Waals surface area contributed by atoms with E-state index < -0.39 is 0 Å². The normalized spacial score (nSPS) is 10.4. The van der Waals surface area contributed by atoms with Crippen molar-refractivity contribution in [1.82, 2.24) is 0 Å². The summed E-state index contributed by atoms with van der Waals surface area (Å²) in [5.74, 6) is 0.969. The van der Waals surface area contributed by atoms with E-state index in [9.17, 15) is 0 Å². The zero-order valence-electron chi connectivity index (χ0n) is 9.09. The highest BCUT2D eigenvalue weighted by molar-refractivity contribution is 14.1. The largest absolute Gasteiger partial charge is 0.487 e. The van der Waals surface area contributed by atoms with Crippen LogP contribution < -0.4 is 4.74 Å². The van der Waals surface area contributed by atoms with Gasteiger partial charge in [0, 0.05) is 8.04 Å². The summed E-state index contributed by atoms with van der Waals surface area (Å²) >= 11 is 10.4. The maximum Gasteiger partial charge on any atom is 0.146 e. The van der Waals surface area contributed by atoms with E-state index in [0.717, 1.165) is 22.9 Å². The molecule has 2 aromatic carbocycles. The van der Waals surface area contributed by atoms with E-state index >= 15 is 0 Å². The first kappa shape index (κ1) is 15.3. The van der Waals surface area contributed by atoms with Gasteiger partial charge in [-0.15, -0.1) is 0 Å². The molecule has 1 nitrogen and oxygen atoms in total. The lowest BCUT2D eigenvalue weighted by Gasteiger charge is -2.11. The van der Waals surface area contributed by atoms with Crippen molar-refractivity contribution in [3.8, 4) is 5.75 Å². The molecule has 0 radical (unpaired) electrons. The molecule has 0 bridgehead atoms. The third-order valence-corrected chi connectivity index (χ3v) is 4.95. The van der Waals surface area contributed by atoms with Gasteiger partial charge in [0.05, 0.1) is 7.14 Å². The number of benzene rings is 2. The van der Waals surface area contributed by atoms with Crippen LogP contribution in [0.25, 0.3) is 0 Å². The molecule has 2 aromatic rings. The fourth-order valence-corrected chi connectivity index (χ4v) is 5.79. The van der Waals surface area contributed by atoms with Crippen LogP contribution in [0.2, 0.25) is 0 Å². The predicted molar refractivity (Wildman–Crippen MR) is 103 cm³/mol. The predicted octanol–water partition coefficient (Wildman–Crippen LogP) is 5.84. The summed E-state index contributed by atoms with van der Waals surface area (Å²) in [6.07, 6.45) is 0. The second kappa shape index (κ2) is 7.07. The van der Waals surface area contributed by atoms with Gasteiger partial charge in [0.1, 0.15) is 12.4 Å². The van der Waals surface area contributed by atoms with Crippen LogP contribution in [0.5, 0.6) is 5.75 Å². The summed E-state index contributed by atoms with van der Waals surface area (Å²) in [7, 11) is 0. The standard InChI is InChI=1S/C13H8BrI3O/c14-9-3-1-2-8(4-9)7-18-13-11(16)5-10(15)6-12(13)17/h1-6H,7H2. The lowest BCUT2D eigenvalue weighted by Crippen LogP contribution is -1.99. The Morgan fingerprint density at radius 2 is 1.67 bits per heavy atom. The highest BCUT2D eigenvalue weighted by Crippen LogP contribution is 2.30. The number of hydrogen-bond donors (Lipinski definition) is 0. The smallest absolute Gasteiger partial charge is 0.146 e. The number of ether oxygens (including phenoxy) is 1. The van der Waals surface area contributed by atoms with Gasteiger partial charge in [-0.05, 0) is 97.6 Å². The maximum absolute atomic E-state index is 5.92. The number of hydrogen-bond acceptors (Lipinski definition) is 1. The molecule has 94 valence electrons. The molecule has 5 heteroatoms. The Balaban J connectivity index is 2.16. The minimum absolute atomic E-state index is 0.589. The van der Waals surface area contributed by atoms with Crippen molar-refractivity contribution in [1.29, 1.82) is 0 Å². The quantitative estimate of drug-likeness (QED) is 0.383. The molecule has 0 aliphatic rings. The SMILES string of the molecule is Brc1cccc(COc2c(I)cc(I)cc2I)c1. The first-order valence-electron chi connectivity index (χ1n) is 5.08. The van der Waals surface area contributed by atoms with Crippen LogP contribution in [0.3, 0.4) is 0 Å². The fraction of sp³-hybridized carbons (Fsp3) is 0.0769. The summed E-state index contributed by atoms with van der Waals surface area (Å²) in [5, 5.41) is 0. The summed E-state index contributed by atoms with van der Waals surface area (Å²) in [5.41, 5.74) is 1.16. The average Bonchev–Trinajstić information content (AvgIpc) is 2.27. The molecule has 0 saturated carbocycles. The summed E-state index contributed by atoms with van der Waals surface area (Å²) < 4.78 is 10.5. The van der Waals surface area contributed by atoms with E-state index in [4.69, 9.17) is 4.74 Å². The van der Waals surface area contributed by atoms with Gasteiger partial charge in [-0.25, -0.2) is 0 Å². The molecule has 0 amide bonds. The van der Waals surface area contributed by atoms with Crippen molar-refractivity contribution >= 4 is 83.7 Å². The van der Waals surface area contributed by atoms with Crippen molar-refractivity contribution in [2.45, 2.75) is 6.61 Å². The van der Waals surface area contributed by atoms with Gasteiger partial charge in [-0.3, -0.25) is 0 Å². The summed E-state index contributed by atoms with van der Waals surface area (Å²) in [6, 6.07) is 12.4. The minimum atomic E-state index is 0.589. The van der Waals surface area contributed by atoms with Crippen LogP contribution in [-0.2, 0) is 6.61 Å². The fourth-order valence-electron chi connectivity index (χ4n) is 1.45. The van der Waals surface area contributed by atoms with Crippen LogP contribution in [0, 0.1) is 10.7 Å². The van der Waals surface area contributed by atoms with E-state index in [1.165, 1.54) is 3.57 Å². The Labute approximate surface area is 156 Å². The molecule has 0 atom stereocenters. The molecule has 0 heterocycles. The molecule has 2 rings (SSSR count). The Hall–Kier alpha value is 0.910. The molecule has 0 aromatic heterocycles. The molecule has 18 heavy (non-hydrogen) atoms. The van der Waals surface area contributed by atoms with Gasteiger partial charge in [0.15, 0.2) is 0 Å². The Kier molecular flexibility index (Phi) is 6.01. The van der Waals surface area contributed by atoms with Gasteiger partial charge in [-0.2, -0.15) is 0 Å². The Morgan fingerprint density at radius 1 is 1.00 bits per heavy atom. The molecule has 0 aliphatic carbocycles. The summed E-state index contributed by atoms with van der Waals surface area (Å²) in [4.78, 5) is 0. The Morgan fingerprint density at radius 3 is 2.28 bits per heavy atom. The van der Waals surface area contributed by atoms with Gasteiger partial charge in [0.25, 0.3) is 0 Å². The zero-order chi connectivity index (χ0) is 13.1. The number of rotatable bonds is 3. The highest BCUT2D eigenvalue weighted by atomic mass is 127. The molecule has 0 N–H and O–H groups in total. The maximum atomic E-state index is 5.92. The van der Waals surface area contributed by atoms with Crippen molar-refractivity contribution in [2.24, 2.45) is 0 Å². The van der Waals surface area contributed by atoms with Gasteiger partial charge in [-0.1, -0.05) is 28.1 Å². The van der Waals surface area contributed by atoms with E-state index in [2.05, 4.69) is 108 Å². The van der Waals surface area contributed by atoms with Gasteiger partial charge < -0.3 is 4.74 Å². The molecular weight excluding hydrogens is 633 g/mol. The molecule has 0 aliphatic heterocycles.